The number of aromatic hydroxyl groups is 1. The van der Waals surface area contributed by atoms with Gasteiger partial charge in [0.05, 0.1) is 10.6 Å². The van der Waals surface area contributed by atoms with Gasteiger partial charge < -0.3 is 9.52 Å². The fraction of sp³-hybridized carbons (Fsp3) is 0.167. The number of rotatable bonds is 6. The third-order valence-electron chi connectivity index (χ3n) is 5.32. The van der Waals surface area contributed by atoms with E-state index < -0.39 is 16.4 Å². The number of halogens is 1. The lowest BCUT2D eigenvalue weighted by Crippen LogP contribution is -1.92. The molecule has 0 aliphatic carbocycles. The zero-order valence-corrected chi connectivity index (χ0v) is 19.0. The minimum atomic E-state index is -0.641. The molecule has 4 rings (SSSR count). The Morgan fingerprint density at radius 3 is 2.81 bits per heavy atom. The molecule has 1 heterocycles. The molecule has 0 radical (unpaired) electrons. The minimum absolute atomic E-state index is 0.232. The van der Waals surface area contributed by atoms with Gasteiger partial charge in [0, 0.05) is 27.9 Å². The molecule has 1 atom stereocenters. The van der Waals surface area contributed by atoms with E-state index in [4.69, 9.17) is 4.42 Å². The first kappa shape index (κ1) is 21.7. The molecule has 8 heteroatoms. The number of fused-ring (bicyclic) bond motifs is 1. The maximum absolute atomic E-state index is 11.1. The molecule has 1 N–H and O–H groups in total. The Labute approximate surface area is 192 Å². The minimum Gasteiger partial charge on any atom is -0.502 e. The van der Waals surface area contributed by atoms with Crippen molar-refractivity contribution in [2.24, 2.45) is 4.99 Å². The molecule has 0 aliphatic heterocycles. The molecule has 0 saturated carbocycles. The van der Waals surface area contributed by atoms with Crippen LogP contribution in [-0.2, 0) is 0 Å². The molecule has 7 nitrogen and oxygen atoms in total. The number of phenolic OH excluding ortho intramolecular Hbond substituents is 1. The molecule has 3 aromatic carbocycles. The van der Waals surface area contributed by atoms with Crippen LogP contribution in [0.1, 0.15) is 37.3 Å². The number of nitrogens with zero attached hydrogens (tertiary/aromatic N) is 3. The van der Waals surface area contributed by atoms with Gasteiger partial charge in [-0.1, -0.05) is 41.9 Å². The molecule has 0 amide bonds. The molecule has 0 bridgehead atoms. The van der Waals surface area contributed by atoms with E-state index in [0.717, 1.165) is 17.5 Å². The van der Waals surface area contributed by atoms with Crippen LogP contribution in [0.5, 0.6) is 5.75 Å². The molecule has 4 aromatic rings. The molecule has 1 aromatic heterocycles. The summed E-state index contributed by atoms with van der Waals surface area (Å²) in [6.07, 6.45) is 2.43. The number of aliphatic imine (C=N–C) groups is 1. The molecular weight excluding hydrogens is 474 g/mol. The summed E-state index contributed by atoms with van der Waals surface area (Å²) in [6, 6.07) is 16.2. The lowest BCUT2D eigenvalue weighted by atomic mass is 9.98. The predicted octanol–water partition coefficient (Wildman–Crippen LogP) is 7.14. The van der Waals surface area contributed by atoms with Crippen LogP contribution in [0.25, 0.3) is 22.6 Å². The first-order valence-corrected chi connectivity index (χ1v) is 10.9. The average molecular weight is 494 g/mol. The molecule has 0 aliphatic rings. The highest BCUT2D eigenvalue weighted by Gasteiger charge is 2.17. The molecule has 0 saturated heterocycles. The largest absolute Gasteiger partial charge is 0.502 e. The van der Waals surface area contributed by atoms with Crippen molar-refractivity contribution in [2.75, 3.05) is 0 Å². The summed E-state index contributed by atoms with van der Waals surface area (Å²) >= 11 is 3.22. The van der Waals surface area contributed by atoms with E-state index in [1.54, 1.807) is 18.2 Å². The van der Waals surface area contributed by atoms with Gasteiger partial charge in [-0.2, -0.15) is 0 Å². The molecule has 0 unspecified atom stereocenters. The monoisotopic (exact) mass is 493 g/mol. The number of hydrogen-bond donors (Lipinski definition) is 1. The second-order valence-electron chi connectivity index (χ2n) is 7.48. The van der Waals surface area contributed by atoms with Crippen molar-refractivity contribution in [3.63, 3.8) is 0 Å². The van der Waals surface area contributed by atoms with Crippen molar-refractivity contribution >= 4 is 44.6 Å². The number of phenols is 1. The summed E-state index contributed by atoms with van der Waals surface area (Å²) in [5.41, 5.74) is 3.93. The molecule has 0 spiro atoms. The average Bonchev–Trinajstić information content (AvgIpc) is 3.22. The van der Waals surface area contributed by atoms with Crippen LogP contribution in [0.3, 0.4) is 0 Å². The van der Waals surface area contributed by atoms with Crippen LogP contribution in [0.2, 0.25) is 0 Å². The quantitative estimate of drug-likeness (QED) is 0.174. The highest BCUT2D eigenvalue weighted by Crippen LogP contribution is 2.33. The van der Waals surface area contributed by atoms with E-state index in [-0.39, 0.29) is 5.56 Å². The Hall–Kier alpha value is -3.52. The summed E-state index contributed by atoms with van der Waals surface area (Å²) < 4.78 is 6.41. The van der Waals surface area contributed by atoms with Crippen LogP contribution in [0.15, 0.2) is 68.5 Å². The summed E-state index contributed by atoms with van der Waals surface area (Å²) in [4.78, 5) is 19.5. The SMILES string of the molecule is CC[C@@H](C)c1ccc2oc(-c3cccc(N=Cc4cc(Br)cc([N+](=O)[O-])c4O)c3)nc2c1. The van der Waals surface area contributed by atoms with Gasteiger partial charge in [-0.25, -0.2) is 4.98 Å². The van der Waals surface area contributed by atoms with Crippen molar-refractivity contribution in [1.29, 1.82) is 0 Å². The second kappa shape index (κ2) is 8.92. The number of aromatic nitrogens is 1. The fourth-order valence-corrected chi connectivity index (χ4v) is 3.78. The summed E-state index contributed by atoms with van der Waals surface area (Å²) in [7, 11) is 0. The third-order valence-corrected chi connectivity index (χ3v) is 5.78. The van der Waals surface area contributed by atoms with Crippen LogP contribution < -0.4 is 0 Å². The third kappa shape index (κ3) is 4.40. The Morgan fingerprint density at radius 1 is 1.25 bits per heavy atom. The molecule has 32 heavy (non-hydrogen) atoms. The Kier molecular flexibility index (Phi) is 6.05. The number of nitro benzene ring substituents is 1. The van der Waals surface area contributed by atoms with E-state index in [1.165, 1.54) is 17.8 Å². The van der Waals surface area contributed by atoms with E-state index in [9.17, 15) is 15.2 Å². The van der Waals surface area contributed by atoms with Crippen LogP contribution in [0, 0.1) is 10.1 Å². The lowest BCUT2D eigenvalue weighted by molar-refractivity contribution is -0.385. The van der Waals surface area contributed by atoms with E-state index in [0.29, 0.717) is 27.6 Å². The number of benzene rings is 3. The van der Waals surface area contributed by atoms with Crippen LogP contribution in [0.4, 0.5) is 11.4 Å². The number of oxazole rings is 1. The van der Waals surface area contributed by atoms with Crippen molar-refractivity contribution in [3.8, 4) is 17.2 Å². The Balaban J connectivity index is 1.65. The maximum Gasteiger partial charge on any atom is 0.312 e. The van der Waals surface area contributed by atoms with Crippen molar-refractivity contribution < 1.29 is 14.4 Å². The topological polar surface area (TPSA) is 102 Å². The van der Waals surface area contributed by atoms with Gasteiger partial charge in [-0.05, 0) is 54.3 Å². The fourth-order valence-electron chi connectivity index (χ4n) is 3.32. The Bertz CT molecular complexity index is 1350. The summed E-state index contributed by atoms with van der Waals surface area (Å²) in [5.74, 6) is 0.496. The van der Waals surface area contributed by atoms with Gasteiger partial charge in [0.2, 0.25) is 11.6 Å². The van der Waals surface area contributed by atoms with E-state index >= 15 is 0 Å². The second-order valence-corrected chi connectivity index (χ2v) is 8.40. The molecular formula is C24H20BrN3O4. The van der Waals surface area contributed by atoms with Gasteiger partial charge in [0.1, 0.15) is 5.52 Å². The van der Waals surface area contributed by atoms with E-state index in [1.807, 2.05) is 18.2 Å². The standard InChI is InChI=1S/C24H20BrN3O4/c1-3-14(2)15-7-8-22-20(11-15)27-24(32-22)16-5-4-6-19(10-16)26-13-17-9-18(25)12-21(23(17)29)28(30)31/h4-14,29H,3H2,1-2H3/t14-/m1/s1. The van der Waals surface area contributed by atoms with Gasteiger partial charge in [0.15, 0.2) is 5.58 Å². The van der Waals surface area contributed by atoms with Crippen LogP contribution in [-0.4, -0.2) is 21.2 Å². The van der Waals surface area contributed by atoms with Crippen molar-refractivity contribution in [2.45, 2.75) is 26.2 Å². The maximum atomic E-state index is 11.1. The highest BCUT2D eigenvalue weighted by atomic mass is 79.9. The summed E-state index contributed by atoms with van der Waals surface area (Å²) in [5, 5.41) is 21.3. The van der Waals surface area contributed by atoms with Gasteiger partial charge in [0.25, 0.3) is 0 Å². The van der Waals surface area contributed by atoms with Crippen molar-refractivity contribution in [3.05, 3.63) is 80.3 Å². The van der Waals surface area contributed by atoms with Crippen LogP contribution >= 0.6 is 15.9 Å². The van der Waals surface area contributed by atoms with E-state index in [2.05, 4.69) is 51.9 Å². The zero-order valence-electron chi connectivity index (χ0n) is 17.4. The van der Waals surface area contributed by atoms with Gasteiger partial charge in [-0.15, -0.1) is 0 Å². The van der Waals surface area contributed by atoms with Crippen molar-refractivity contribution in [1.82, 2.24) is 4.98 Å². The highest BCUT2D eigenvalue weighted by molar-refractivity contribution is 9.10. The lowest BCUT2D eigenvalue weighted by Gasteiger charge is -2.07. The predicted molar refractivity (Wildman–Crippen MR) is 128 cm³/mol. The zero-order chi connectivity index (χ0) is 22.8. The first-order valence-electron chi connectivity index (χ1n) is 10.1. The molecule has 162 valence electrons. The normalized spacial score (nSPS) is 12.5. The number of hydrogen-bond acceptors (Lipinski definition) is 6. The van der Waals surface area contributed by atoms with Gasteiger partial charge >= 0.3 is 5.69 Å². The first-order chi connectivity index (χ1) is 15.4. The number of nitro groups is 1. The molecule has 0 fully saturated rings. The smallest absolute Gasteiger partial charge is 0.312 e. The van der Waals surface area contributed by atoms with Gasteiger partial charge in [-0.3, -0.25) is 15.1 Å². The Morgan fingerprint density at radius 2 is 2.06 bits per heavy atom. The summed E-state index contributed by atoms with van der Waals surface area (Å²) in [6.45, 7) is 4.34.